The van der Waals surface area contributed by atoms with Crippen LogP contribution in [0.3, 0.4) is 0 Å². The predicted octanol–water partition coefficient (Wildman–Crippen LogP) is 1.39. The molecule has 118 valence electrons. The van der Waals surface area contributed by atoms with Crippen LogP contribution in [0.2, 0.25) is 0 Å². The minimum absolute atomic E-state index is 0.0200. The molecule has 1 atom stereocenters. The first-order chi connectivity index (χ1) is 9.86. The lowest BCUT2D eigenvalue weighted by Gasteiger charge is -2.21. The molecule has 0 radical (unpaired) electrons. The minimum Gasteiger partial charge on any atom is -0.378 e. The van der Waals surface area contributed by atoms with E-state index in [4.69, 9.17) is 9.88 Å². The van der Waals surface area contributed by atoms with Crippen molar-refractivity contribution in [3.63, 3.8) is 0 Å². The maximum absolute atomic E-state index is 11.8. The molecule has 1 aliphatic rings. The van der Waals surface area contributed by atoms with Crippen molar-refractivity contribution in [2.45, 2.75) is 49.3 Å². The van der Waals surface area contributed by atoms with Crippen LogP contribution in [0.5, 0.6) is 0 Å². The fraction of sp³-hybridized carbons (Fsp3) is 0.667. The van der Waals surface area contributed by atoms with Crippen LogP contribution in [0.1, 0.15) is 37.8 Å². The number of carbonyl (C=O) groups is 1. The Balaban J connectivity index is 1.88. The normalized spacial score (nSPS) is 19.4. The highest BCUT2D eigenvalue weighted by atomic mass is 32.2. The molecule has 1 amide bonds. The summed E-state index contributed by atoms with van der Waals surface area (Å²) in [6.07, 6.45) is 4.33. The van der Waals surface area contributed by atoms with E-state index >= 15 is 0 Å². The predicted molar refractivity (Wildman–Crippen MR) is 79.7 cm³/mol. The Labute approximate surface area is 127 Å². The fourth-order valence-corrected chi connectivity index (χ4v) is 4.08. The van der Waals surface area contributed by atoms with Gasteiger partial charge >= 0.3 is 0 Å². The van der Waals surface area contributed by atoms with Gasteiger partial charge in [-0.2, -0.15) is 0 Å². The molecule has 0 aromatic carbocycles. The van der Waals surface area contributed by atoms with Crippen LogP contribution in [0.25, 0.3) is 0 Å². The number of primary sulfonamides is 1. The van der Waals surface area contributed by atoms with Crippen molar-refractivity contribution in [1.29, 1.82) is 0 Å². The van der Waals surface area contributed by atoms with Gasteiger partial charge in [0.2, 0.25) is 15.9 Å². The Morgan fingerprint density at radius 2 is 2.29 bits per heavy atom. The lowest BCUT2D eigenvalue weighted by molar-refractivity contribution is -0.117. The molecular weight excluding hydrogens is 314 g/mol. The summed E-state index contributed by atoms with van der Waals surface area (Å²) in [7, 11) is -3.79. The highest BCUT2D eigenvalue weighted by molar-refractivity contribution is 7.91. The van der Waals surface area contributed by atoms with Crippen molar-refractivity contribution in [3.8, 4) is 0 Å². The third-order valence-corrected chi connectivity index (χ3v) is 5.85. The van der Waals surface area contributed by atoms with Gasteiger partial charge in [0.15, 0.2) is 9.34 Å². The smallest absolute Gasteiger partial charge is 0.249 e. The molecule has 21 heavy (non-hydrogen) atoms. The van der Waals surface area contributed by atoms with E-state index in [-0.39, 0.29) is 21.4 Å². The number of ether oxygens (including phenoxy) is 1. The first kappa shape index (κ1) is 16.3. The van der Waals surface area contributed by atoms with Crippen LogP contribution in [0.15, 0.2) is 4.21 Å². The topological polar surface area (TPSA) is 111 Å². The SMILES string of the molecule is Cc1nc(NC(=O)CCC2CCCCO2)sc1S(N)(=O)=O. The largest absolute Gasteiger partial charge is 0.378 e. The van der Waals surface area contributed by atoms with E-state index in [9.17, 15) is 13.2 Å². The number of rotatable bonds is 5. The number of carbonyl (C=O) groups excluding carboxylic acids is 1. The molecule has 3 N–H and O–H groups in total. The van der Waals surface area contributed by atoms with Gasteiger partial charge in [-0.05, 0) is 32.6 Å². The summed E-state index contributed by atoms with van der Waals surface area (Å²) in [5.74, 6) is -0.195. The molecule has 0 saturated carbocycles. The molecule has 1 aliphatic heterocycles. The Bertz CT molecular complexity index is 606. The molecule has 1 aromatic rings. The van der Waals surface area contributed by atoms with E-state index in [0.717, 1.165) is 37.2 Å². The van der Waals surface area contributed by atoms with Crippen LogP contribution in [0, 0.1) is 6.92 Å². The van der Waals surface area contributed by atoms with Gasteiger partial charge in [0, 0.05) is 13.0 Å². The molecule has 9 heteroatoms. The van der Waals surface area contributed by atoms with E-state index in [2.05, 4.69) is 10.3 Å². The monoisotopic (exact) mass is 333 g/mol. The second kappa shape index (κ2) is 6.82. The first-order valence-electron chi connectivity index (χ1n) is 6.78. The number of nitrogens with zero attached hydrogens (tertiary/aromatic N) is 1. The van der Waals surface area contributed by atoms with Crippen molar-refractivity contribution in [1.82, 2.24) is 4.98 Å². The molecule has 0 spiro atoms. The number of aromatic nitrogens is 1. The molecule has 0 aliphatic carbocycles. The summed E-state index contributed by atoms with van der Waals surface area (Å²) < 4.78 is 28.1. The zero-order chi connectivity index (χ0) is 15.5. The molecule has 1 aromatic heterocycles. The summed E-state index contributed by atoms with van der Waals surface area (Å²) in [4.78, 5) is 15.9. The Morgan fingerprint density at radius 3 is 2.86 bits per heavy atom. The van der Waals surface area contributed by atoms with Gasteiger partial charge in [0.05, 0.1) is 11.8 Å². The fourth-order valence-electron chi connectivity index (χ4n) is 2.21. The number of amides is 1. The third-order valence-electron chi connectivity index (χ3n) is 3.23. The summed E-state index contributed by atoms with van der Waals surface area (Å²) in [6.45, 7) is 2.30. The van der Waals surface area contributed by atoms with E-state index in [1.165, 1.54) is 0 Å². The summed E-state index contributed by atoms with van der Waals surface area (Å²) in [5.41, 5.74) is 0.299. The van der Waals surface area contributed by atoms with E-state index in [1.54, 1.807) is 6.92 Å². The van der Waals surface area contributed by atoms with Crippen LogP contribution >= 0.6 is 11.3 Å². The van der Waals surface area contributed by atoms with Gasteiger partial charge in [0.25, 0.3) is 0 Å². The molecular formula is C12H19N3O4S2. The van der Waals surface area contributed by atoms with Crippen LogP contribution < -0.4 is 10.5 Å². The molecule has 1 fully saturated rings. The number of thiazole rings is 1. The molecule has 2 heterocycles. The van der Waals surface area contributed by atoms with Gasteiger partial charge in [0.1, 0.15) is 0 Å². The molecule has 2 rings (SSSR count). The van der Waals surface area contributed by atoms with Crippen LogP contribution in [0.4, 0.5) is 5.13 Å². The zero-order valence-electron chi connectivity index (χ0n) is 11.8. The van der Waals surface area contributed by atoms with Gasteiger partial charge < -0.3 is 10.1 Å². The second-order valence-electron chi connectivity index (χ2n) is 5.01. The summed E-state index contributed by atoms with van der Waals surface area (Å²) in [6, 6.07) is 0. The van der Waals surface area contributed by atoms with Crippen molar-refractivity contribution >= 4 is 32.4 Å². The number of aryl methyl sites for hydroxylation is 1. The highest BCUT2D eigenvalue weighted by Gasteiger charge is 2.19. The number of nitrogens with two attached hydrogens (primary N) is 1. The number of nitrogens with one attached hydrogen (secondary N) is 1. The van der Waals surface area contributed by atoms with Crippen molar-refractivity contribution in [2.75, 3.05) is 11.9 Å². The van der Waals surface area contributed by atoms with E-state index in [1.807, 2.05) is 0 Å². The zero-order valence-corrected chi connectivity index (χ0v) is 13.4. The Hall–Kier alpha value is -1.03. The van der Waals surface area contributed by atoms with Crippen molar-refractivity contribution in [3.05, 3.63) is 5.69 Å². The van der Waals surface area contributed by atoms with Gasteiger partial charge in [-0.25, -0.2) is 18.5 Å². The van der Waals surface area contributed by atoms with E-state index in [0.29, 0.717) is 18.5 Å². The van der Waals surface area contributed by atoms with Gasteiger partial charge in [-0.3, -0.25) is 4.79 Å². The van der Waals surface area contributed by atoms with E-state index < -0.39 is 10.0 Å². The molecule has 1 saturated heterocycles. The number of hydrogen-bond acceptors (Lipinski definition) is 6. The third kappa shape index (κ3) is 4.73. The van der Waals surface area contributed by atoms with Crippen molar-refractivity contribution in [2.24, 2.45) is 5.14 Å². The van der Waals surface area contributed by atoms with Gasteiger partial charge in [-0.15, -0.1) is 0 Å². The maximum Gasteiger partial charge on any atom is 0.249 e. The highest BCUT2D eigenvalue weighted by Crippen LogP contribution is 2.26. The summed E-state index contributed by atoms with van der Waals surface area (Å²) in [5, 5.41) is 7.93. The molecule has 0 bridgehead atoms. The standard InChI is InChI=1S/C12H19N3O4S2/c1-8-11(21(13,17)18)20-12(14-8)15-10(16)6-5-9-4-2-3-7-19-9/h9H,2-7H2,1H3,(H2,13,17,18)(H,14,15,16). The average molecular weight is 333 g/mol. The lowest BCUT2D eigenvalue weighted by Crippen LogP contribution is -2.21. The number of sulfonamides is 1. The quantitative estimate of drug-likeness (QED) is 0.845. The van der Waals surface area contributed by atoms with Gasteiger partial charge in [-0.1, -0.05) is 11.3 Å². The minimum atomic E-state index is -3.79. The molecule has 1 unspecified atom stereocenters. The molecule has 7 nitrogen and oxygen atoms in total. The first-order valence-corrected chi connectivity index (χ1v) is 9.14. The summed E-state index contributed by atoms with van der Waals surface area (Å²) >= 11 is 0.869. The lowest BCUT2D eigenvalue weighted by atomic mass is 10.0. The van der Waals surface area contributed by atoms with Crippen LogP contribution in [-0.2, 0) is 19.6 Å². The maximum atomic E-state index is 11.8. The van der Waals surface area contributed by atoms with Crippen molar-refractivity contribution < 1.29 is 17.9 Å². The average Bonchev–Trinajstić information content (AvgIpc) is 2.78. The second-order valence-corrected chi connectivity index (χ2v) is 7.77. The Morgan fingerprint density at radius 1 is 1.52 bits per heavy atom. The van der Waals surface area contributed by atoms with Crippen LogP contribution in [-0.4, -0.2) is 32.0 Å². The number of anilines is 1. The Kier molecular flexibility index (Phi) is 5.31. The number of hydrogen-bond donors (Lipinski definition) is 2.